The average Bonchev–Trinajstić information content (AvgIpc) is 1.35. The zero-order valence-corrected chi connectivity index (χ0v) is 7.40. The Morgan fingerprint density at radius 1 is 1.67 bits per heavy atom. The summed E-state index contributed by atoms with van der Waals surface area (Å²) in [5, 5.41) is 0. The third-order valence-electron chi connectivity index (χ3n) is 0.396. The summed E-state index contributed by atoms with van der Waals surface area (Å²) in [6.07, 6.45) is 0. The van der Waals surface area contributed by atoms with Gasteiger partial charge in [-0.15, -0.1) is 11.1 Å². The highest BCUT2D eigenvalue weighted by molar-refractivity contribution is 6.92. The maximum atomic E-state index is 5.35. The summed E-state index contributed by atoms with van der Waals surface area (Å²) >= 11 is 5.35. The summed E-state index contributed by atoms with van der Waals surface area (Å²) in [7, 11) is -1.34. The summed E-state index contributed by atoms with van der Waals surface area (Å²) in [5.41, 5.74) is 0. The van der Waals surface area contributed by atoms with Crippen molar-refractivity contribution < 1.29 is 4.12 Å². The molecular formula is C2H9ClOSi2. The molecule has 1 nitrogen and oxygen atoms in total. The van der Waals surface area contributed by atoms with Gasteiger partial charge in [0.2, 0.25) is 9.07 Å². The molecule has 0 spiro atoms. The predicted octanol–water partition coefficient (Wildman–Crippen LogP) is 0.224. The highest BCUT2D eigenvalue weighted by Crippen LogP contribution is 1.80. The van der Waals surface area contributed by atoms with E-state index in [2.05, 4.69) is 13.1 Å². The first-order valence-electron chi connectivity index (χ1n) is 1.95. The summed E-state index contributed by atoms with van der Waals surface area (Å²) in [5.74, 6) is 0. The second kappa shape index (κ2) is 3.86. The first kappa shape index (κ1) is 6.68. The number of hydrogen-bond acceptors (Lipinski definition) is 1. The van der Waals surface area contributed by atoms with Crippen molar-refractivity contribution in [1.82, 2.24) is 0 Å². The van der Waals surface area contributed by atoms with Crippen LogP contribution in [-0.4, -0.2) is 18.1 Å². The zero-order valence-electron chi connectivity index (χ0n) is 4.07. The summed E-state index contributed by atoms with van der Waals surface area (Å²) in [6, 6.07) is 0. The van der Waals surface area contributed by atoms with E-state index in [9.17, 15) is 0 Å². The Morgan fingerprint density at radius 2 is 2.17 bits per heavy atom. The van der Waals surface area contributed by atoms with Gasteiger partial charge in [0.25, 0.3) is 0 Å². The van der Waals surface area contributed by atoms with Crippen LogP contribution < -0.4 is 0 Å². The summed E-state index contributed by atoms with van der Waals surface area (Å²) < 4.78 is 5.08. The molecule has 0 N–H and O–H groups in total. The Bertz CT molecular complexity index is 32.7. The Balaban J connectivity index is 2.63. The van der Waals surface area contributed by atoms with Gasteiger partial charge in [-0.25, -0.2) is 0 Å². The lowest BCUT2D eigenvalue weighted by Crippen LogP contribution is -2.06. The highest BCUT2D eigenvalue weighted by Gasteiger charge is 1.88. The van der Waals surface area contributed by atoms with Gasteiger partial charge in [-0.05, 0) is 13.1 Å². The molecule has 0 aliphatic carbocycles. The zero-order chi connectivity index (χ0) is 4.99. The fourth-order valence-corrected chi connectivity index (χ4v) is 3.40. The van der Waals surface area contributed by atoms with E-state index in [1.165, 1.54) is 0 Å². The SMILES string of the molecule is C[SiH](C)O[SiH2]Cl. The maximum absolute atomic E-state index is 5.35. The van der Waals surface area contributed by atoms with E-state index in [1.807, 2.05) is 0 Å². The predicted molar refractivity (Wildman–Crippen MR) is 34.4 cm³/mol. The van der Waals surface area contributed by atoms with Crippen molar-refractivity contribution in [3.8, 4) is 0 Å². The normalized spacial score (nSPS) is 12.0. The highest BCUT2D eigenvalue weighted by atomic mass is 35.6. The van der Waals surface area contributed by atoms with E-state index in [0.717, 1.165) is 0 Å². The van der Waals surface area contributed by atoms with Gasteiger partial charge in [0.05, 0.1) is 0 Å². The maximum Gasteiger partial charge on any atom is 0.247 e. The molecule has 0 bridgehead atoms. The van der Waals surface area contributed by atoms with Crippen LogP contribution in [0.4, 0.5) is 0 Å². The van der Waals surface area contributed by atoms with E-state index in [0.29, 0.717) is 0 Å². The molecule has 0 aliphatic heterocycles. The molecular weight excluding hydrogens is 132 g/mol. The average molecular weight is 141 g/mol. The Labute approximate surface area is 47.0 Å². The van der Waals surface area contributed by atoms with Crippen molar-refractivity contribution in [2.75, 3.05) is 0 Å². The van der Waals surface area contributed by atoms with Crippen molar-refractivity contribution in [2.45, 2.75) is 13.1 Å². The van der Waals surface area contributed by atoms with Gasteiger partial charge in [0, 0.05) is 0 Å². The fraction of sp³-hybridized carbons (Fsp3) is 1.00. The summed E-state index contributed by atoms with van der Waals surface area (Å²) in [6.45, 7) is 4.24. The van der Waals surface area contributed by atoms with Gasteiger partial charge in [-0.1, -0.05) is 0 Å². The van der Waals surface area contributed by atoms with E-state index in [-0.39, 0.29) is 0 Å². The molecule has 0 heterocycles. The molecule has 0 aromatic heterocycles. The second-order valence-electron chi connectivity index (χ2n) is 1.32. The Hall–Kier alpha value is 0.684. The second-order valence-corrected chi connectivity index (χ2v) is 5.63. The molecule has 0 unspecified atom stereocenters. The van der Waals surface area contributed by atoms with E-state index < -0.39 is 18.1 Å². The lowest BCUT2D eigenvalue weighted by Gasteiger charge is -1.97. The minimum Gasteiger partial charge on any atom is -0.452 e. The largest absolute Gasteiger partial charge is 0.452 e. The van der Waals surface area contributed by atoms with E-state index in [4.69, 9.17) is 15.2 Å². The van der Waals surface area contributed by atoms with Crippen LogP contribution >= 0.6 is 11.1 Å². The third-order valence-corrected chi connectivity index (χ3v) is 4.70. The molecule has 0 rings (SSSR count). The quantitative estimate of drug-likeness (QED) is 0.394. The molecule has 0 saturated carbocycles. The monoisotopic (exact) mass is 140 g/mol. The molecule has 0 atom stereocenters. The number of hydrogen-bond donors (Lipinski definition) is 0. The van der Waals surface area contributed by atoms with Gasteiger partial charge < -0.3 is 4.12 Å². The number of rotatable bonds is 2. The molecule has 0 radical (unpaired) electrons. The topological polar surface area (TPSA) is 9.23 Å². The van der Waals surface area contributed by atoms with Gasteiger partial charge in [-0.3, -0.25) is 0 Å². The van der Waals surface area contributed by atoms with Crippen LogP contribution in [0.1, 0.15) is 0 Å². The van der Waals surface area contributed by atoms with Crippen molar-refractivity contribution in [2.24, 2.45) is 0 Å². The number of halogens is 1. The molecule has 0 aliphatic rings. The molecule has 0 aromatic carbocycles. The van der Waals surface area contributed by atoms with Crippen LogP contribution in [0.15, 0.2) is 0 Å². The first-order valence-corrected chi connectivity index (χ1v) is 7.44. The van der Waals surface area contributed by atoms with Crippen LogP contribution in [0, 0.1) is 0 Å². The van der Waals surface area contributed by atoms with Crippen LogP contribution in [0.2, 0.25) is 13.1 Å². The molecule has 4 heteroatoms. The standard InChI is InChI=1S/C2H9ClOSi2/c1-6(2)4-5-3/h6H,5H2,1-2H3. The Morgan fingerprint density at radius 3 is 2.17 bits per heavy atom. The van der Waals surface area contributed by atoms with Gasteiger partial charge >= 0.3 is 0 Å². The van der Waals surface area contributed by atoms with Crippen LogP contribution in [-0.2, 0) is 4.12 Å². The van der Waals surface area contributed by atoms with Gasteiger partial charge in [-0.2, -0.15) is 0 Å². The molecule has 0 saturated heterocycles. The van der Waals surface area contributed by atoms with Crippen molar-refractivity contribution in [1.29, 1.82) is 0 Å². The van der Waals surface area contributed by atoms with Crippen LogP contribution in [0.5, 0.6) is 0 Å². The smallest absolute Gasteiger partial charge is 0.247 e. The first-order chi connectivity index (χ1) is 2.77. The van der Waals surface area contributed by atoms with E-state index >= 15 is 0 Å². The van der Waals surface area contributed by atoms with Crippen LogP contribution in [0.25, 0.3) is 0 Å². The lowest BCUT2D eigenvalue weighted by atomic mass is 11.9. The minimum atomic E-state index is -0.741. The van der Waals surface area contributed by atoms with Gasteiger partial charge in [0.1, 0.15) is 0 Å². The van der Waals surface area contributed by atoms with Crippen molar-refractivity contribution >= 4 is 29.2 Å². The lowest BCUT2D eigenvalue weighted by molar-refractivity contribution is 0.641. The van der Waals surface area contributed by atoms with Crippen molar-refractivity contribution in [3.63, 3.8) is 0 Å². The molecule has 0 amide bonds. The van der Waals surface area contributed by atoms with Crippen molar-refractivity contribution in [3.05, 3.63) is 0 Å². The van der Waals surface area contributed by atoms with Gasteiger partial charge in [0.15, 0.2) is 9.04 Å². The molecule has 0 aromatic rings. The van der Waals surface area contributed by atoms with Crippen LogP contribution in [0.3, 0.4) is 0 Å². The van der Waals surface area contributed by atoms with E-state index in [1.54, 1.807) is 0 Å². The molecule has 0 fully saturated rings. The molecule has 6 heavy (non-hydrogen) atoms. The third kappa shape index (κ3) is 4.68. The Kier molecular flexibility index (Phi) is 4.30. The summed E-state index contributed by atoms with van der Waals surface area (Å²) in [4.78, 5) is 0. The fourth-order valence-electron chi connectivity index (χ4n) is 0.126. The minimum absolute atomic E-state index is 0.600. The molecule has 38 valence electrons.